The highest BCUT2D eigenvalue weighted by Gasteiger charge is 2.32. The maximum Gasteiger partial charge on any atom is 0.171 e. The first-order chi connectivity index (χ1) is 11.2. The molecule has 0 amide bonds. The third kappa shape index (κ3) is 6.89. The van der Waals surface area contributed by atoms with Crippen LogP contribution in [0.15, 0.2) is 18.2 Å². The van der Waals surface area contributed by atoms with E-state index in [0.29, 0.717) is 0 Å². The van der Waals surface area contributed by atoms with Crippen LogP contribution in [0.4, 0.5) is 5.69 Å². The maximum atomic E-state index is 6.41. The zero-order chi connectivity index (χ0) is 19.6. The average molecular weight is 382 g/mol. The molecule has 0 spiro atoms. The summed E-state index contributed by atoms with van der Waals surface area (Å²) in [4.78, 5) is 0. The van der Waals surface area contributed by atoms with Crippen LogP contribution < -0.4 is 5.73 Å². The zero-order valence-electron chi connectivity index (χ0n) is 17.9. The molecular weight excluding hydrogens is 342 g/mol. The van der Waals surface area contributed by atoms with Crippen LogP contribution in [0.2, 0.25) is 26.2 Å². The molecule has 1 rings (SSSR count). The Labute approximate surface area is 158 Å². The number of nitrogen functional groups attached to an aromatic ring is 1. The summed E-state index contributed by atoms with van der Waals surface area (Å²) in [6.07, 6.45) is 0.108. The van der Waals surface area contributed by atoms with Crippen molar-refractivity contribution in [2.45, 2.75) is 79.9 Å². The first kappa shape index (κ1) is 22.4. The van der Waals surface area contributed by atoms with Crippen molar-refractivity contribution in [3.05, 3.63) is 29.3 Å². The first-order valence-electron chi connectivity index (χ1n) is 9.43. The minimum absolute atomic E-state index is 0.0210. The van der Waals surface area contributed by atoms with E-state index in [1.807, 2.05) is 0 Å². The van der Waals surface area contributed by atoms with Gasteiger partial charge in [-0.1, -0.05) is 47.6 Å². The molecular formula is C20H39NO2Si2. The summed E-state index contributed by atoms with van der Waals surface area (Å²) in [6, 6.07) is 6.40. The highest BCUT2D eigenvalue weighted by molar-refractivity contribution is 6.48. The molecule has 0 aliphatic carbocycles. The normalized spacial score (nSPS) is 15.7. The largest absolute Gasteiger partial charge is 0.413 e. The number of rotatable bonds is 6. The molecule has 0 bridgehead atoms. The number of hydrogen-bond acceptors (Lipinski definition) is 3. The third-order valence-electron chi connectivity index (χ3n) is 4.00. The molecule has 144 valence electrons. The van der Waals surface area contributed by atoms with Crippen LogP contribution in [0.1, 0.15) is 64.9 Å². The minimum Gasteiger partial charge on any atom is -0.413 e. The Morgan fingerprint density at radius 3 is 1.28 bits per heavy atom. The average Bonchev–Trinajstić information content (AvgIpc) is 2.38. The quantitative estimate of drug-likeness (QED) is 0.527. The second-order valence-corrected chi connectivity index (χ2v) is 14.5. The van der Waals surface area contributed by atoms with Gasteiger partial charge in [-0.2, -0.15) is 0 Å². The van der Waals surface area contributed by atoms with Gasteiger partial charge in [-0.3, -0.25) is 0 Å². The van der Waals surface area contributed by atoms with Crippen LogP contribution in [-0.4, -0.2) is 18.1 Å². The molecule has 2 unspecified atom stereocenters. The second-order valence-electron chi connectivity index (χ2n) is 9.79. The molecule has 0 heterocycles. The molecule has 0 aromatic heterocycles. The van der Waals surface area contributed by atoms with Gasteiger partial charge < -0.3 is 14.6 Å². The van der Waals surface area contributed by atoms with Gasteiger partial charge in [-0.05, 0) is 60.3 Å². The van der Waals surface area contributed by atoms with Gasteiger partial charge in [0.05, 0.1) is 12.2 Å². The lowest BCUT2D eigenvalue weighted by atomic mass is 9.81. The fourth-order valence-electron chi connectivity index (χ4n) is 3.11. The van der Waals surface area contributed by atoms with Crippen molar-refractivity contribution in [3.63, 3.8) is 0 Å². The Bertz CT molecular complexity index is 514. The van der Waals surface area contributed by atoms with Gasteiger partial charge in [0.2, 0.25) is 0 Å². The lowest BCUT2D eigenvalue weighted by Gasteiger charge is -2.36. The van der Waals surface area contributed by atoms with Crippen molar-refractivity contribution in [2.75, 3.05) is 5.73 Å². The summed E-state index contributed by atoms with van der Waals surface area (Å²) in [6.45, 7) is 22.3. The SMILES string of the molecule is C[SiH](C)OC(c1cc(N)cc(C(O[SiH](C)C)C(C)(C)C)c1)C(C)(C)C. The van der Waals surface area contributed by atoms with Gasteiger partial charge in [0.1, 0.15) is 0 Å². The summed E-state index contributed by atoms with van der Waals surface area (Å²) in [5.74, 6) is 0. The van der Waals surface area contributed by atoms with Crippen molar-refractivity contribution in [3.8, 4) is 0 Å². The Kier molecular flexibility index (Phi) is 7.51. The summed E-state index contributed by atoms with van der Waals surface area (Å²) in [5, 5.41) is 0. The van der Waals surface area contributed by atoms with E-state index in [9.17, 15) is 0 Å². The minimum atomic E-state index is -1.18. The number of anilines is 1. The van der Waals surface area contributed by atoms with Crippen LogP contribution in [0, 0.1) is 10.8 Å². The molecule has 5 heteroatoms. The molecule has 2 N–H and O–H groups in total. The lowest BCUT2D eigenvalue weighted by Crippen LogP contribution is -2.28. The van der Waals surface area contributed by atoms with Crippen molar-refractivity contribution < 1.29 is 8.85 Å². The van der Waals surface area contributed by atoms with Gasteiger partial charge in [-0.15, -0.1) is 0 Å². The highest BCUT2D eigenvalue weighted by atomic mass is 28.3. The van der Waals surface area contributed by atoms with Crippen LogP contribution in [0.25, 0.3) is 0 Å². The summed E-state index contributed by atoms with van der Waals surface area (Å²) in [5.41, 5.74) is 9.47. The second kappa shape index (κ2) is 8.38. The van der Waals surface area contributed by atoms with E-state index in [1.165, 1.54) is 11.1 Å². The third-order valence-corrected chi connectivity index (χ3v) is 5.63. The van der Waals surface area contributed by atoms with Crippen LogP contribution in [0.3, 0.4) is 0 Å². The number of nitrogens with two attached hydrogens (primary N) is 1. The summed E-state index contributed by atoms with van der Waals surface area (Å²) >= 11 is 0. The Balaban J connectivity index is 3.41. The molecule has 1 aromatic carbocycles. The van der Waals surface area contributed by atoms with Gasteiger partial charge in [0.25, 0.3) is 0 Å². The number of hydrogen-bond donors (Lipinski definition) is 1. The maximum absolute atomic E-state index is 6.41. The fourth-order valence-corrected chi connectivity index (χ4v) is 5.33. The van der Waals surface area contributed by atoms with Gasteiger partial charge in [0.15, 0.2) is 18.1 Å². The molecule has 0 aliphatic heterocycles. The van der Waals surface area contributed by atoms with Crippen molar-refractivity contribution >= 4 is 23.8 Å². The molecule has 1 aromatic rings. The van der Waals surface area contributed by atoms with E-state index in [2.05, 4.69) is 85.9 Å². The molecule has 2 atom stereocenters. The van der Waals surface area contributed by atoms with E-state index in [0.717, 1.165) is 5.69 Å². The zero-order valence-corrected chi connectivity index (χ0v) is 20.2. The topological polar surface area (TPSA) is 44.5 Å². The lowest BCUT2D eigenvalue weighted by molar-refractivity contribution is 0.0807. The summed E-state index contributed by atoms with van der Waals surface area (Å²) < 4.78 is 12.8. The predicted octanol–water partition coefficient (Wildman–Crippen LogP) is 5.44. The Morgan fingerprint density at radius 1 is 0.720 bits per heavy atom. The van der Waals surface area contributed by atoms with Crippen molar-refractivity contribution in [1.82, 2.24) is 0 Å². The fraction of sp³-hybridized carbons (Fsp3) is 0.700. The van der Waals surface area contributed by atoms with Gasteiger partial charge in [-0.25, -0.2) is 0 Å². The molecule has 3 nitrogen and oxygen atoms in total. The van der Waals surface area contributed by atoms with Crippen LogP contribution in [0.5, 0.6) is 0 Å². The van der Waals surface area contributed by atoms with E-state index in [1.54, 1.807) is 0 Å². The molecule has 0 radical (unpaired) electrons. The number of benzene rings is 1. The molecule has 0 fully saturated rings. The smallest absolute Gasteiger partial charge is 0.171 e. The van der Waals surface area contributed by atoms with Crippen molar-refractivity contribution in [2.24, 2.45) is 10.8 Å². The monoisotopic (exact) mass is 381 g/mol. The highest BCUT2D eigenvalue weighted by Crippen LogP contribution is 2.42. The standard InChI is InChI=1S/C20H39NO2Si2/c1-19(2,3)17(22-24(7)8)14-11-15(13-16(21)12-14)18(20(4,5)6)23-25(9)10/h11-13,17-18,24-25H,21H2,1-10H3. The van der Waals surface area contributed by atoms with Crippen molar-refractivity contribution in [1.29, 1.82) is 0 Å². The van der Waals surface area contributed by atoms with E-state index in [4.69, 9.17) is 14.6 Å². The van der Waals surface area contributed by atoms with E-state index < -0.39 is 18.1 Å². The Morgan fingerprint density at radius 2 is 1.04 bits per heavy atom. The predicted molar refractivity (Wildman–Crippen MR) is 115 cm³/mol. The molecule has 25 heavy (non-hydrogen) atoms. The van der Waals surface area contributed by atoms with Gasteiger partial charge >= 0.3 is 0 Å². The Hall–Kier alpha value is -0.626. The molecule has 0 aliphatic rings. The van der Waals surface area contributed by atoms with Crippen LogP contribution >= 0.6 is 0 Å². The van der Waals surface area contributed by atoms with Crippen LogP contribution in [-0.2, 0) is 8.85 Å². The first-order valence-corrected chi connectivity index (χ1v) is 15.0. The van der Waals surface area contributed by atoms with E-state index in [-0.39, 0.29) is 23.0 Å². The van der Waals surface area contributed by atoms with E-state index >= 15 is 0 Å². The molecule has 0 saturated heterocycles. The van der Waals surface area contributed by atoms with Gasteiger partial charge in [0, 0.05) is 5.69 Å². The summed E-state index contributed by atoms with van der Waals surface area (Å²) in [7, 11) is -2.35. The molecule has 0 saturated carbocycles.